The highest BCUT2D eigenvalue weighted by atomic mass is 35.5. The van der Waals surface area contributed by atoms with Crippen molar-refractivity contribution in [2.75, 3.05) is 53.7 Å². The molecule has 3 aliphatic heterocycles. The van der Waals surface area contributed by atoms with Gasteiger partial charge in [-0.2, -0.15) is 0 Å². The van der Waals surface area contributed by atoms with Crippen LogP contribution in [0.5, 0.6) is 11.5 Å². The summed E-state index contributed by atoms with van der Waals surface area (Å²) in [5.41, 5.74) is 9.86. The predicted molar refractivity (Wildman–Crippen MR) is 281 cm³/mol. The molecule has 0 aliphatic carbocycles. The smallest absolute Gasteiger partial charge is 0.312 e. The van der Waals surface area contributed by atoms with E-state index >= 15 is 0 Å². The first-order valence-corrected chi connectivity index (χ1v) is 25.4. The normalized spacial score (nSPS) is 15.0. The molecule has 2 atom stereocenters. The Morgan fingerprint density at radius 2 is 1.43 bits per heavy atom. The van der Waals surface area contributed by atoms with Crippen LogP contribution in [0.3, 0.4) is 0 Å². The minimum absolute atomic E-state index is 0.0838. The van der Waals surface area contributed by atoms with E-state index in [1.54, 1.807) is 40.1 Å². The number of carbonyl (C=O) groups is 8. The number of halogens is 1. The first kappa shape index (κ1) is 52.3. The van der Waals surface area contributed by atoms with E-state index in [0.717, 1.165) is 43.4 Å². The van der Waals surface area contributed by atoms with Crippen molar-refractivity contribution in [1.29, 1.82) is 0 Å². The van der Waals surface area contributed by atoms with E-state index in [1.165, 1.54) is 12.2 Å². The molecule has 5 aromatic carbocycles. The van der Waals surface area contributed by atoms with E-state index in [1.807, 2.05) is 54.6 Å². The third-order valence-electron chi connectivity index (χ3n) is 13.6. The summed E-state index contributed by atoms with van der Waals surface area (Å²) in [6.45, 7) is 1.13. The third-order valence-corrected chi connectivity index (χ3v) is 13.9. The monoisotopic (exact) mass is 1030 g/mol. The van der Waals surface area contributed by atoms with Crippen molar-refractivity contribution in [2.45, 2.75) is 82.8 Å². The molecule has 0 saturated heterocycles. The van der Waals surface area contributed by atoms with Gasteiger partial charge in [0.1, 0.15) is 24.1 Å². The molecule has 3 aliphatic rings. The van der Waals surface area contributed by atoms with Crippen LogP contribution in [0, 0.1) is 0 Å². The number of primary amides is 1. The summed E-state index contributed by atoms with van der Waals surface area (Å²) in [6, 6.07) is 24.2. The van der Waals surface area contributed by atoms with Gasteiger partial charge in [-0.1, -0.05) is 67.1 Å². The average Bonchev–Trinajstić information content (AvgIpc) is 4.11. The Balaban J connectivity index is 0.833. The van der Waals surface area contributed by atoms with Gasteiger partial charge in [-0.25, -0.2) is 4.79 Å². The second-order valence-electron chi connectivity index (χ2n) is 18.6. The number of hydrogen-bond donors (Lipinski definition) is 6. The summed E-state index contributed by atoms with van der Waals surface area (Å²) < 4.78 is 6.44. The molecule has 18 nitrogen and oxygen atoms in total. The van der Waals surface area contributed by atoms with Crippen LogP contribution in [-0.2, 0) is 46.6 Å². The number of nitrogens with zero attached hydrogens (tertiary/aromatic N) is 3. The summed E-state index contributed by atoms with van der Waals surface area (Å²) in [5, 5.41) is 24.8. The van der Waals surface area contributed by atoms with Crippen molar-refractivity contribution in [3.8, 4) is 11.5 Å². The average molecular weight is 1030 g/mol. The summed E-state index contributed by atoms with van der Waals surface area (Å²) in [7, 11) is 0. The Hall–Kier alpha value is -7.99. The molecule has 19 heteroatoms. The van der Waals surface area contributed by atoms with Gasteiger partial charge in [0.2, 0.25) is 29.5 Å². The van der Waals surface area contributed by atoms with E-state index in [2.05, 4.69) is 21.3 Å². The van der Waals surface area contributed by atoms with E-state index < -0.39 is 23.9 Å². The quantitative estimate of drug-likeness (QED) is 0.0246. The van der Waals surface area contributed by atoms with Crippen LogP contribution in [0.1, 0.15) is 80.4 Å². The van der Waals surface area contributed by atoms with E-state index in [9.17, 15) is 43.5 Å². The van der Waals surface area contributed by atoms with Gasteiger partial charge in [-0.3, -0.25) is 38.5 Å². The molecule has 386 valence electrons. The first-order chi connectivity index (χ1) is 35.8. The topological polar surface area (TPSA) is 250 Å². The number of carbonyl (C=O) groups excluding carboxylic acids is 8. The van der Waals surface area contributed by atoms with Crippen LogP contribution in [0.15, 0.2) is 97.1 Å². The maximum absolute atomic E-state index is 13.9. The van der Waals surface area contributed by atoms with Crippen LogP contribution >= 0.6 is 11.6 Å². The number of nitrogens with two attached hydrogens (primary N) is 1. The number of aromatic hydroxyl groups is 1. The standard InChI is InChI=1S/C55H59ClN8O10/c56-30-35-32-64(44-28-45(65)39-11-4-6-13-41(39)53(35)44)50(69)17-8-16-49(68)62-27-24-38-37-10-3-5-12-40(37)46(29-43(38)62)74-33-34-18-20-36(21-19-34)60-54(72)42(14-9-25-58-55(57)73)61-48(67)31-59-47(66)15-2-1-7-26-63-51(70)22-23-52(63)71/h3-6,10-13,18-23,28-29,35,42,65H,1-2,7-9,14-17,24-27,30-33H2,(H,59,66)(H,60,72)(H,61,67)(H3,57,58,73)/t35?,42-/m0/s1. The number of phenols is 1. The van der Waals surface area contributed by atoms with Crippen molar-refractivity contribution in [1.82, 2.24) is 20.9 Å². The molecule has 74 heavy (non-hydrogen) atoms. The van der Waals surface area contributed by atoms with Crippen molar-refractivity contribution in [3.05, 3.63) is 114 Å². The van der Waals surface area contributed by atoms with Gasteiger partial charge >= 0.3 is 6.03 Å². The lowest BCUT2D eigenvalue weighted by Gasteiger charge is -2.21. The second-order valence-corrected chi connectivity index (χ2v) is 18.9. The van der Waals surface area contributed by atoms with E-state index in [0.29, 0.717) is 80.0 Å². The van der Waals surface area contributed by atoms with Gasteiger partial charge in [0.05, 0.1) is 17.9 Å². The zero-order valence-electron chi connectivity index (χ0n) is 40.8. The molecule has 0 bridgehead atoms. The zero-order valence-corrected chi connectivity index (χ0v) is 41.6. The third kappa shape index (κ3) is 12.4. The zero-order chi connectivity index (χ0) is 52.3. The molecule has 0 radical (unpaired) electrons. The van der Waals surface area contributed by atoms with Crippen molar-refractivity contribution in [3.63, 3.8) is 0 Å². The number of phenolic OH excluding ortho intramolecular Hbond substituents is 1. The number of hydrogen-bond acceptors (Lipinski definition) is 10. The van der Waals surface area contributed by atoms with Crippen LogP contribution < -0.4 is 41.5 Å². The number of anilines is 3. The van der Waals surface area contributed by atoms with Gasteiger partial charge in [0.15, 0.2) is 0 Å². The molecule has 5 aromatic rings. The van der Waals surface area contributed by atoms with Gasteiger partial charge < -0.3 is 46.6 Å². The number of ether oxygens (including phenoxy) is 1. The molecule has 0 spiro atoms. The Kier molecular flexibility index (Phi) is 17.1. The van der Waals surface area contributed by atoms with Crippen LogP contribution in [0.2, 0.25) is 0 Å². The van der Waals surface area contributed by atoms with Crippen molar-refractivity contribution < 1.29 is 48.2 Å². The maximum Gasteiger partial charge on any atom is 0.312 e. The number of nitrogens with one attached hydrogen (secondary N) is 4. The lowest BCUT2D eigenvalue weighted by atomic mass is 9.95. The largest absolute Gasteiger partial charge is 0.507 e. The van der Waals surface area contributed by atoms with Gasteiger partial charge in [0.25, 0.3) is 11.8 Å². The molecular weight excluding hydrogens is 968 g/mol. The fraction of sp³-hybridized carbons (Fsp3) is 0.345. The number of benzene rings is 5. The highest BCUT2D eigenvalue weighted by Crippen LogP contribution is 2.46. The maximum atomic E-state index is 13.9. The molecule has 3 heterocycles. The number of fused-ring (bicyclic) bond motifs is 6. The first-order valence-electron chi connectivity index (χ1n) is 24.9. The van der Waals surface area contributed by atoms with Crippen molar-refractivity contribution >= 4 is 97.6 Å². The number of rotatable bonds is 23. The molecule has 0 saturated carbocycles. The lowest BCUT2D eigenvalue weighted by molar-refractivity contribution is -0.137. The molecule has 7 N–H and O–H groups in total. The molecular formula is C55H59ClN8O10. The molecule has 0 aromatic heterocycles. The fourth-order valence-electron chi connectivity index (χ4n) is 9.82. The fourth-order valence-corrected chi connectivity index (χ4v) is 10.1. The predicted octanol–water partition coefficient (Wildman–Crippen LogP) is 6.18. The number of alkyl halides is 1. The highest BCUT2D eigenvalue weighted by Gasteiger charge is 2.35. The number of unbranched alkanes of at least 4 members (excludes halogenated alkanes) is 2. The van der Waals surface area contributed by atoms with Gasteiger partial charge in [0, 0.05) is 98.0 Å². The Labute approximate surface area is 432 Å². The van der Waals surface area contributed by atoms with Crippen LogP contribution in [0.4, 0.5) is 21.9 Å². The Morgan fingerprint density at radius 3 is 2.15 bits per heavy atom. The van der Waals surface area contributed by atoms with Crippen LogP contribution in [-0.4, -0.2) is 102 Å². The van der Waals surface area contributed by atoms with Crippen molar-refractivity contribution in [2.24, 2.45) is 5.73 Å². The molecule has 1 unspecified atom stereocenters. The van der Waals surface area contributed by atoms with Gasteiger partial charge in [-0.05, 0) is 78.1 Å². The summed E-state index contributed by atoms with van der Waals surface area (Å²) >= 11 is 6.39. The molecule has 9 amide bonds. The Morgan fingerprint density at radius 1 is 0.743 bits per heavy atom. The van der Waals surface area contributed by atoms with E-state index in [-0.39, 0.29) is 93.1 Å². The molecule has 8 rings (SSSR count). The molecule has 0 fully saturated rings. The van der Waals surface area contributed by atoms with Gasteiger partial charge in [-0.15, -0.1) is 11.6 Å². The number of imide groups is 1. The summed E-state index contributed by atoms with van der Waals surface area (Å²) in [6.07, 6.45) is 5.98. The number of amides is 9. The Bertz CT molecular complexity index is 3000. The number of urea groups is 1. The second kappa shape index (κ2) is 24.2. The minimum atomic E-state index is -1.01. The van der Waals surface area contributed by atoms with Crippen LogP contribution in [0.25, 0.3) is 21.5 Å². The minimum Gasteiger partial charge on any atom is -0.507 e. The lowest BCUT2D eigenvalue weighted by Crippen LogP contribution is -2.47. The summed E-state index contributed by atoms with van der Waals surface area (Å²) in [5.74, 6) is -1.47. The SMILES string of the molecule is NC(=O)NCCC[C@H](NC(=O)CNC(=O)CCCCCN1C(=O)C=CC1=O)C(=O)Nc1ccc(COc2cc3c(c4ccccc24)CCN3C(=O)CCCC(=O)N2CC(CCl)c3c2cc(O)c2ccccc32)cc1. The highest BCUT2D eigenvalue weighted by molar-refractivity contribution is 6.19. The van der Waals surface area contributed by atoms with E-state index in [4.69, 9.17) is 22.1 Å². The summed E-state index contributed by atoms with van der Waals surface area (Å²) in [4.78, 5) is 106.